The maximum atomic E-state index is 12.6. The average molecular weight is 803 g/mol. The molecule has 0 rings (SSSR count). The number of phosphoric acid groups is 1. The number of rotatable bonds is 42. The number of hydrogen-bond acceptors (Lipinski definition) is 7. The van der Waals surface area contributed by atoms with E-state index in [-0.39, 0.29) is 25.6 Å². The lowest BCUT2D eigenvalue weighted by Gasteiger charge is -2.24. The molecular weight excluding hydrogens is 713 g/mol. The Morgan fingerprint density at radius 1 is 0.545 bits per heavy atom. The van der Waals surface area contributed by atoms with E-state index in [0.29, 0.717) is 23.9 Å². The first-order valence-electron chi connectivity index (χ1n) is 22.9. The molecule has 0 aliphatic heterocycles. The predicted octanol–water partition coefficient (Wildman–Crippen LogP) is 13.0. The molecule has 1 N–H and O–H groups in total. The van der Waals surface area contributed by atoms with Crippen LogP contribution in [0.1, 0.15) is 213 Å². The molecule has 0 fully saturated rings. The largest absolute Gasteiger partial charge is 0.472 e. The maximum Gasteiger partial charge on any atom is 0.472 e. The molecular formula is C45H89NO8P+. The number of carbonyl (C=O) groups excluding carboxylic acids is 2. The first-order valence-corrected chi connectivity index (χ1v) is 24.4. The van der Waals surface area contributed by atoms with Gasteiger partial charge in [-0.2, -0.15) is 0 Å². The molecule has 0 radical (unpaired) electrons. The Balaban J connectivity index is 4.21. The summed E-state index contributed by atoms with van der Waals surface area (Å²) in [6.45, 7) is 4.40. The normalized spacial score (nSPS) is 13.6. The van der Waals surface area contributed by atoms with Crippen LogP contribution in [0.4, 0.5) is 0 Å². The number of allylic oxidation sites excluding steroid dienone is 2. The van der Waals surface area contributed by atoms with Gasteiger partial charge in [0.05, 0.1) is 27.7 Å². The molecule has 0 aromatic heterocycles. The predicted molar refractivity (Wildman–Crippen MR) is 229 cm³/mol. The van der Waals surface area contributed by atoms with Gasteiger partial charge in [-0.25, -0.2) is 4.57 Å². The van der Waals surface area contributed by atoms with Gasteiger partial charge in [0.25, 0.3) is 0 Å². The summed E-state index contributed by atoms with van der Waals surface area (Å²) in [5, 5.41) is 0. The number of nitrogens with zero attached hydrogens (tertiary/aromatic N) is 1. The molecule has 326 valence electrons. The van der Waals surface area contributed by atoms with Crippen molar-refractivity contribution in [3.05, 3.63) is 12.2 Å². The van der Waals surface area contributed by atoms with Crippen molar-refractivity contribution >= 4 is 19.8 Å². The molecule has 0 heterocycles. The number of carbonyl (C=O) groups is 2. The Bertz CT molecular complexity index is 954. The Labute approximate surface area is 339 Å². The van der Waals surface area contributed by atoms with E-state index in [2.05, 4.69) is 26.0 Å². The third kappa shape index (κ3) is 42.2. The summed E-state index contributed by atoms with van der Waals surface area (Å²) in [5.41, 5.74) is 0. The Morgan fingerprint density at radius 3 is 1.40 bits per heavy atom. The van der Waals surface area contributed by atoms with Crippen LogP contribution in [-0.2, 0) is 32.7 Å². The van der Waals surface area contributed by atoms with Gasteiger partial charge in [0.15, 0.2) is 6.10 Å². The minimum absolute atomic E-state index is 0.0331. The first-order chi connectivity index (χ1) is 26.5. The van der Waals surface area contributed by atoms with E-state index in [9.17, 15) is 19.0 Å². The zero-order chi connectivity index (χ0) is 40.7. The highest BCUT2D eigenvalue weighted by atomic mass is 31.2. The van der Waals surface area contributed by atoms with Crippen molar-refractivity contribution in [2.24, 2.45) is 0 Å². The van der Waals surface area contributed by atoms with Crippen molar-refractivity contribution in [2.45, 2.75) is 219 Å². The average Bonchev–Trinajstić information content (AvgIpc) is 3.13. The molecule has 2 unspecified atom stereocenters. The van der Waals surface area contributed by atoms with Crippen LogP contribution in [0.15, 0.2) is 12.2 Å². The highest BCUT2D eigenvalue weighted by molar-refractivity contribution is 7.47. The zero-order valence-corrected chi connectivity index (χ0v) is 37.6. The van der Waals surface area contributed by atoms with Crippen molar-refractivity contribution in [1.29, 1.82) is 0 Å². The second-order valence-corrected chi connectivity index (χ2v) is 18.2. The SMILES string of the molecule is CCCC/C=C\CCCCCCCC(=O)OC(COC(=O)CCCCCCCCCCCCCCCCCCCCCC)COP(=O)(O)OCC[N+](C)(C)C. The van der Waals surface area contributed by atoms with E-state index in [4.69, 9.17) is 18.5 Å². The molecule has 0 aliphatic carbocycles. The summed E-state index contributed by atoms with van der Waals surface area (Å²) >= 11 is 0. The molecule has 55 heavy (non-hydrogen) atoms. The second kappa shape index (κ2) is 38.3. The van der Waals surface area contributed by atoms with Crippen LogP contribution in [0.2, 0.25) is 0 Å². The van der Waals surface area contributed by atoms with Gasteiger partial charge < -0.3 is 18.9 Å². The second-order valence-electron chi connectivity index (χ2n) is 16.8. The fraction of sp³-hybridized carbons (Fsp3) is 0.911. The fourth-order valence-electron chi connectivity index (χ4n) is 6.41. The van der Waals surface area contributed by atoms with E-state index in [1.165, 1.54) is 122 Å². The summed E-state index contributed by atoms with van der Waals surface area (Å²) in [4.78, 5) is 35.3. The van der Waals surface area contributed by atoms with Gasteiger partial charge >= 0.3 is 19.8 Å². The smallest absolute Gasteiger partial charge is 0.462 e. The fourth-order valence-corrected chi connectivity index (χ4v) is 7.15. The molecule has 0 amide bonds. The van der Waals surface area contributed by atoms with Crippen LogP contribution in [0.5, 0.6) is 0 Å². The molecule has 0 saturated carbocycles. The maximum absolute atomic E-state index is 12.6. The monoisotopic (exact) mass is 803 g/mol. The zero-order valence-electron chi connectivity index (χ0n) is 36.7. The molecule has 0 aliphatic rings. The third-order valence-corrected chi connectivity index (χ3v) is 11.0. The van der Waals surface area contributed by atoms with E-state index in [0.717, 1.165) is 57.8 Å². The Morgan fingerprint density at radius 2 is 0.945 bits per heavy atom. The molecule has 2 atom stereocenters. The summed E-state index contributed by atoms with van der Waals surface area (Å²) in [7, 11) is 1.48. The van der Waals surface area contributed by atoms with Crippen LogP contribution >= 0.6 is 7.82 Å². The summed E-state index contributed by atoms with van der Waals surface area (Å²) < 4.78 is 34.3. The van der Waals surface area contributed by atoms with Gasteiger partial charge in [0, 0.05) is 12.8 Å². The molecule has 0 aromatic rings. The van der Waals surface area contributed by atoms with Gasteiger partial charge in [-0.1, -0.05) is 180 Å². The summed E-state index contributed by atoms with van der Waals surface area (Å²) in [5.74, 6) is -0.800. The van der Waals surface area contributed by atoms with Gasteiger partial charge in [-0.05, 0) is 32.1 Å². The standard InChI is InChI=1S/C45H88NO8P/c1-6-8-10-12-14-16-18-19-20-21-22-23-24-25-26-28-29-31-33-35-37-44(47)51-41-43(42-53-55(49,50)52-40-39-46(3,4)5)54-45(48)38-36-34-32-30-27-17-15-13-11-9-7-2/h13,15,43H,6-12,14,16-42H2,1-5H3/p+1/b15-13-. The van der Waals surface area contributed by atoms with Crippen molar-refractivity contribution in [1.82, 2.24) is 0 Å². The Hall–Kier alpha value is -1.25. The summed E-state index contributed by atoms with van der Waals surface area (Å²) in [6.07, 6.45) is 39.8. The number of esters is 2. The minimum atomic E-state index is -4.37. The number of likely N-dealkylation sites (N-methyl/N-ethyl adjacent to an activating group) is 1. The van der Waals surface area contributed by atoms with Gasteiger partial charge in [0.1, 0.15) is 19.8 Å². The number of ether oxygens (including phenoxy) is 2. The van der Waals surface area contributed by atoms with E-state index in [1.807, 2.05) is 21.1 Å². The number of quaternary nitrogens is 1. The van der Waals surface area contributed by atoms with Crippen LogP contribution in [0.25, 0.3) is 0 Å². The van der Waals surface area contributed by atoms with Crippen LogP contribution in [0, 0.1) is 0 Å². The number of phosphoric ester groups is 1. The number of unbranched alkanes of at least 4 members (excludes halogenated alkanes) is 26. The lowest BCUT2D eigenvalue weighted by atomic mass is 10.0. The molecule has 9 nitrogen and oxygen atoms in total. The third-order valence-electron chi connectivity index (χ3n) is 10.0. The molecule has 10 heteroatoms. The Kier molecular flexibility index (Phi) is 37.4. The highest BCUT2D eigenvalue weighted by Gasteiger charge is 2.27. The van der Waals surface area contributed by atoms with Gasteiger partial charge in [-0.15, -0.1) is 0 Å². The van der Waals surface area contributed by atoms with Crippen molar-refractivity contribution in [2.75, 3.05) is 47.5 Å². The molecule has 0 aromatic carbocycles. The van der Waals surface area contributed by atoms with E-state index in [1.54, 1.807) is 0 Å². The number of hydrogen-bond donors (Lipinski definition) is 1. The quantitative estimate of drug-likeness (QED) is 0.0214. The lowest BCUT2D eigenvalue weighted by Crippen LogP contribution is -2.37. The van der Waals surface area contributed by atoms with Gasteiger partial charge in [-0.3, -0.25) is 18.6 Å². The van der Waals surface area contributed by atoms with Crippen molar-refractivity contribution in [3.8, 4) is 0 Å². The lowest BCUT2D eigenvalue weighted by molar-refractivity contribution is -0.870. The molecule has 0 spiro atoms. The van der Waals surface area contributed by atoms with E-state index >= 15 is 0 Å². The molecule has 0 bridgehead atoms. The minimum Gasteiger partial charge on any atom is -0.462 e. The van der Waals surface area contributed by atoms with Crippen LogP contribution < -0.4 is 0 Å². The van der Waals surface area contributed by atoms with Crippen LogP contribution in [0.3, 0.4) is 0 Å². The first kappa shape index (κ1) is 53.8. The van der Waals surface area contributed by atoms with Gasteiger partial charge in [0.2, 0.25) is 0 Å². The van der Waals surface area contributed by atoms with Crippen molar-refractivity contribution in [3.63, 3.8) is 0 Å². The van der Waals surface area contributed by atoms with Crippen LogP contribution in [-0.4, -0.2) is 74.9 Å². The topological polar surface area (TPSA) is 108 Å². The van der Waals surface area contributed by atoms with E-state index < -0.39 is 26.5 Å². The van der Waals surface area contributed by atoms with Crippen molar-refractivity contribution < 1.29 is 42.1 Å². The summed E-state index contributed by atoms with van der Waals surface area (Å²) in [6, 6.07) is 0. The molecule has 0 saturated heterocycles. The highest BCUT2D eigenvalue weighted by Crippen LogP contribution is 2.43.